The van der Waals surface area contributed by atoms with E-state index in [-0.39, 0.29) is 23.3 Å². The van der Waals surface area contributed by atoms with Crippen molar-refractivity contribution < 1.29 is 13.5 Å². The number of hydrogen-bond acceptors (Lipinski definition) is 3. The van der Waals surface area contributed by atoms with Gasteiger partial charge in [-0.2, -0.15) is 0 Å². The summed E-state index contributed by atoms with van der Waals surface area (Å²) in [7, 11) is -2.81. The van der Waals surface area contributed by atoms with Gasteiger partial charge in [0.1, 0.15) is 9.84 Å². The Morgan fingerprint density at radius 3 is 2.33 bits per heavy atom. The minimum absolute atomic E-state index is 0.0750. The highest BCUT2D eigenvalue weighted by atomic mass is 35.5. The van der Waals surface area contributed by atoms with Crippen LogP contribution in [0.4, 0.5) is 0 Å². The molecule has 1 fully saturated rings. The van der Waals surface area contributed by atoms with Gasteiger partial charge in [-0.3, -0.25) is 0 Å². The molecule has 0 aromatic rings. The van der Waals surface area contributed by atoms with E-state index in [1.807, 2.05) is 0 Å². The summed E-state index contributed by atoms with van der Waals surface area (Å²) in [5.74, 6) is 0.674. The summed E-state index contributed by atoms with van der Waals surface area (Å²) < 4.78 is 22.0. The summed E-state index contributed by atoms with van der Waals surface area (Å²) in [6.45, 7) is 0. The van der Waals surface area contributed by atoms with Gasteiger partial charge in [0.25, 0.3) is 0 Å². The average Bonchev–Trinajstić information content (AvgIpc) is 2.03. The maximum absolute atomic E-state index is 11.0. The van der Waals surface area contributed by atoms with Crippen molar-refractivity contribution in [3.05, 3.63) is 0 Å². The SMILES string of the molecule is O=S1(=O)CCC(C(O)CCl)CC1. The van der Waals surface area contributed by atoms with E-state index >= 15 is 0 Å². The Labute approximate surface area is 77.6 Å². The molecule has 1 saturated heterocycles. The number of aliphatic hydroxyl groups is 1. The van der Waals surface area contributed by atoms with Gasteiger partial charge in [0.15, 0.2) is 0 Å². The second-order valence-electron chi connectivity index (χ2n) is 3.21. The molecule has 0 radical (unpaired) electrons. The predicted molar refractivity (Wildman–Crippen MR) is 48.1 cm³/mol. The van der Waals surface area contributed by atoms with Gasteiger partial charge in [-0.1, -0.05) is 0 Å². The summed E-state index contributed by atoms with van der Waals surface area (Å²) >= 11 is 5.46. The van der Waals surface area contributed by atoms with Gasteiger partial charge in [0.05, 0.1) is 17.6 Å². The van der Waals surface area contributed by atoms with Gasteiger partial charge >= 0.3 is 0 Å². The van der Waals surface area contributed by atoms with E-state index in [0.717, 1.165) is 0 Å². The van der Waals surface area contributed by atoms with Gasteiger partial charge in [0, 0.05) is 5.88 Å². The number of hydrogen-bond donors (Lipinski definition) is 1. The van der Waals surface area contributed by atoms with Gasteiger partial charge in [-0.25, -0.2) is 8.42 Å². The van der Waals surface area contributed by atoms with E-state index in [0.29, 0.717) is 12.8 Å². The van der Waals surface area contributed by atoms with Crippen molar-refractivity contribution in [3.63, 3.8) is 0 Å². The second-order valence-corrected chi connectivity index (χ2v) is 5.82. The Hall–Kier alpha value is 0.200. The third-order valence-electron chi connectivity index (χ3n) is 2.30. The lowest BCUT2D eigenvalue weighted by Gasteiger charge is -2.24. The van der Waals surface area contributed by atoms with Crippen molar-refractivity contribution in [2.45, 2.75) is 18.9 Å². The van der Waals surface area contributed by atoms with Crippen molar-refractivity contribution in [1.29, 1.82) is 0 Å². The lowest BCUT2D eigenvalue weighted by Crippen LogP contribution is -2.31. The molecule has 72 valence electrons. The summed E-state index contributed by atoms with van der Waals surface area (Å²) in [6.07, 6.45) is 0.564. The first-order valence-corrected chi connectivity index (χ1v) is 6.35. The zero-order chi connectivity index (χ0) is 9.19. The van der Waals surface area contributed by atoms with E-state index < -0.39 is 15.9 Å². The number of sulfone groups is 1. The molecule has 0 aromatic carbocycles. The van der Waals surface area contributed by atoms with E-state index in [2.05, 4.69) is 0 Å². The number of halogens is 1. The fourth-order valence-corrected chi connectivity index (χ4v) is 3.20. The lowest BCUT2D eigenvalue weighted by atomic mass is 9.97. The first kappa shape index (κ1) is 10.3. The molecule has 0 saturated carbocycles. The molecule has 0 spiro atoms. The molecule has 5 heteroatoms. The first-order valence-electron chi connectivity index (χ1n) is 3.99. The molecule has 1 aliphatic rings. The monoisotopic (exact) mass is 212 g/mol. The van der Waals surface area contributed by atoms with E-state index in [1.165, 1.54) is 0 Å². The average molecular weight is 213 g/mol. The highest BCUT2D eigenvalue weighted by Crippen LogP contribution is 2.22. The molecular formula is C7H13ClO3S. The third-order valence-corrected chi connectivity index (χ3v) is 4.33. The van der Waals surface area contributed by atoms with Crippen LogP contribution in [-0.4, -0.2) is 37.0 Å². The van der Waals surface area contributed by atoms with Crippen molar-refractivity contribution >= 4 is 21.4 Å². The summed E-state index contributed by atoms with van der Waals surface area (Å²) in [4.78, 5) is 0. The lowest BCUT2D eigenvalue weighted by molar-refractivity contribution is 0.122. The van der Waals surface area contributed by atoms with Crippen molar-refractivity contribution in [1.82, 2.24) is 0 Å². The molecule has 0 bridgehead atoms. The fraction of sp³-hybridized carbons (Fsp3) is 1.00. The van der Waals surface area contributed by atoms with Crippen molar-refractivity contribution in [2.75, 3.05) is 17.4 Å². The highest BCUT2D eigenvalue weighted by molar-refractivity contribution is 7.91. The van der Waals surface area contributed by atoms with Crippen LogP contribution in [0.1, 0.15) is 12.8 Å². The Morgan fingerprint density at radius 2 is 1.92 bits per heavy atom. The van der Waals surface area contributed by atoms with Crippen LogP contribution in [0.15, 0.2) is 0 Å². The maximum atomic E-state index is 11.0. The molecule has 1 N–H and O–H groups in total. The Morgan fingerprint density at radius 1 is 1.42 bits per heavy atom. The molecule has 3 nitrogen and oxygen atoms in total. The molecule has 0 aliphatic carbocycles. The van der Waals surface area contributed by atoms with Crippen LogP contribution in [0, 0.1) is 5.92 Å². The zero-order valence-electron chi connectivity index (χ0n) is 6.74. The summed E-state index contributed by atoms with van der Waals surface area (Å²) in [6, 6.07) is 0. The van der Waals surface area contributed by atoms with Crippen molar-refractivity contribution in [2.24, 2.45) is 5.92 Å². The molecule has 0 aromatic heterocycles. The topological polar surface area (TPSA) is 54.4 Å². The van der Waals surface area contributed by atoms with Crippen LogP contribution < -0.4 is 0 Å². The van der Waals surface area contributed by atoms with Gasteiger partial charge in [-0.05, 0) is 18.8 Å². The Balaban J connectivity index is 2.46. The first-order chi connectivity index (χ1) is 5.55. The molecular weight excluding hydrogens is 200 g/mol. The van der Waals surface area contributed by atoms with Crippen LogP contribution >= 0.6 is 11.6 Å². The standard InChI is InChI=1S/C7H13ClO3S/c8-5-7(9)6-1-3-12(10,11)4-2-6/h6-7,9H,1-5H2. The minimum Gasteiger partial charge on any atom is -0.392 e. The van der Waals surface area contributed by atoms with Crippen LogP contribution in [-0.2, 0) is 9.84 Å². The molecule has 1 heterocycles. The smallest absolute Gasteiger partial charge is 0.150 e. The van der Waals surface area contributed by atoms with Crippen LogP contribution in [0.2, 0.25) is 0 Å². The maximum Gasteiger partial charge on any atom is 0.150 e. The molecule has 0 amide bonds. The normalized spacial score (nSPS) is 26.8. The van der Waals surface area contributed by atoms with E-state index in [9.17, 15) is 13.5 Å². The zero-order valence-corrected chi connectivity index (χ0v) is 8.31. The molecule has 1 unspecified atom stereocenters. The van der Waals surface area contributed by atoms with Crippen LogP contribution in [0.3, 0.4) is 0 Å². The Kier molecular flexibility index (Phi) is 3.37. The van der Waals surface area contributed by atoms with Crippen LogP contribution in [0.5, 0.6) is 0 Å². The Bertz CT molecular complexity index is 223. The number of aliphatic hydroxyl groups excluding tert-OH is 1. The van der Waals surface area contributed by atoms with Crippen molar-refractivity contribution in [3.8, 4) is 0 Å². The van der Waals surface area contributed by atoms with E-state index in [4.69, 9.17) is 11.6 Å². The fourth-order valence-electron chi connectivity index (χ4n) is 1.42. The van der Waals surface area contributed by atoms with Gasteiger partial charge < -0.3 is 5.11 Å². The highest BCUT2D eigenvalue weighted by Gasteiger charge is 2.27. The summed E-state index contributed by atoms with van der Waals surface area (Å²) in [5.41, 5.74) is 0. The number of alkyl halides is 1. The molecule has 12 heavy (non-hydrogen) atoms. The molecule has 1 aliphatic heterocycles. The van der Waals surface area contributed by atoms with Gasteiger partial charge in [0.2, 0.25) is 0 Å². The van der Waals surface area contributed by atoms with Crippen LogP contribution in [0.25, 0.3) is 0 Å². The van der Waals surface area contributed by atoms with E-state index in [1.54, 1.807) is 0 Å². The quantitative estimate of drug-likeness (QED) is 0.675. The molecule has 1 atom stereocenters. The second kappa shape index (κ2) is 3.94. The number of rotatable bonds is 2. The minimum atomic E-state index is -2.81. The third kappa shape index (κ3) is 2.61. The van der Waals surface area contributed by atoms with Gasteiger partial charge in [-0.15, -0.1) is 11.6 Å². The predicted octanol–water partition coefficient (Wildman–Crippen LogP) is 0.411. The molecule has 1 rings (SSSR count). The summed E-state index contributed by atoms with van der Waals surface area (Å²) in [5, 5.41) is 9.33. The largest absolute Gasteiger partial charge is 0.392 e.